The maximum Gasteiger partial charge on any atom is 0.251 e. The molecule has 11 heteroatoms. The average Bonchev–Trinajstić information content (AvgIpc) is 3.45. The minimum absolute atomic E-state index is 0.112. The molecule has 11 nitrogen and oxygen atoms in total. The number of pyridine rings is 1. The summed E-state index contributed by atoms with van der Waals surface area (Å²) in [4.78, 5) is 37.4. The molecule has 5 rings (SSSR count). The monoisotopic (exact) mass is 576 g/mol. The van der Waals surface area contributed by atoms with Gasteiger partial charge in [-0.25, -0.2) is 9.97 Å². The minimum atomic E-state index is -1.11. The van der Waals surface area contributed by atoms with E-state index in [0.717, 1.165) is 18.7 Å². The molecule has 1 fully saturated rings. The summed E-state index contributed by atoms with van der Waals surface area (Å²) in [5, 5.41) is 17.3. The molecule has 0 aliphatic carbocycles. The second kappa shape index (κ2) is 12.9. The van der Waals surface area contributed by atoms with Crippen LogP contribution < -0.4 is 15.4 Å². The Hall–Kier alpha value is -3.96. The zero-order valence-electron chi connectivity index (χ0n) is 24.5. The third-order valence-corrected chi connectivity index (χ3v) is 7.52. The Balaban J connectivity index is 1.07. The summed E-state index contributed by atoms with van der Waals surface area (Å²) in [6.07, 6.45) is 6.01. The highest BCUT2D eigenvalue weighted by Crippen LogP contribution is 2.25. The van der Waals surface area contributed by atoms with Gasteiger partial charge < -0.3 is 29.8 Å². The van der Waals surface area contributed by atoms with Gasteiger partial charge in [-0.05, 0) is 54.7 Å². The van der Waals surface area contributed by atoms with Gasteiger partial charge in [-0.2, -0.15) is 0 Å². The first kappa shape index (κ1) is 29.5. The van der Waals surface area contributed by atoms with Crippen molar-refractivity contribution < 1.29 is 23.8 Å². The largest absolute Gasteiger partial charge is 0.486 e. The Morgan fingerprint density at radius 3 is 2.81 bits per heavy atom. The van der Waals surface area contributed by atoms with Gasteiger partial charge in [0.2, 0.25) is 5.91 Å². The lowest BCUT2D eigenvalue weighted by molar-refractivity contribution is -0.135. The Bertz CT molecular complexity index is 1370. The van der Waals surface area contributed by atoms with E-state index in [0.29, 0.717) is 62.3 Å². The van der Waals surface area contributed by atoms with Crippen LogP contribution in [0.2, 0.25) is 0 Å². The first-order valence-electron chi connectivity index (χ1n) is 14.5. The summed E-state index contributed by atoms with van der Waals surface area (Å²) in [7, 11) is 0. The van der Waals surface area contributed by atoms with Gasteiger partial charge in [-0.1, -0.05) is 19.9 Å². The molecule has 2 amide bonds. The van der Waals surface area contributed by atoms with Gasteiger partial charge in [0.05, 0.1) is 17.8 Å². The quantitative estimate of drug-likeness (QED) is 0.298. The fourth-order valence-corrected chi connectivity index (χ4v) is 5.30. The van der Waals surface area contributed by atoms with Gasteiger partial charge in [0, 0.05) is 57.4 Å². The van der Waals surface area contributed by atoms with Crippen LogP contribution >= 0.6 is 0 Å². The van der Waals surface area contributed by atoms with Crippen LogP contribution in [0.25, 0.3) is 0 Å². The zero-order chi connectivity index (χ0) is 29.7. The Labute approximate surface area is 246 Å². The maximum absolute atomic E-state index is 12.9. The molecule has 2 aromatic heterocycles. The third kappa shape index (κ3) is 7.86. The number of oxazole rings is 1. The number of ether oxygens (including phenoxy) is 1. The summed E-state index contributed by atoms with van der Waals surface area (Å²) in [5.74, 6) is 2.28. The van der Waals surface area contributed by atoms with E-state index in [1.807, 2.05) is 24.8 Å². The minimum Gasteiger partial charge on any atom is -0.486 e. The highest BCUT2D eigenvalue weighted by Gasteiger charge is 2.31. The lowest BCUT2D eigenvalue weighted by atomic mass is 9.97. The van der Waals surface area contributed by atoms with E-state index >= 15 is 0 Å². The molecule has 2 aliphatic rings. The average molecular weight is 577 g/mol. The number of hydrogen-bond acceptors (Lipinski definition) is 9. The van der Waals surface area contributed by atoms with Crippen LogP contribution in [0.4, 0.5) is 5.82 Å². The van der Waals surface area contributed by atoms with Crippen molar-refractivity contribution in [2.45, 2.75) is 58.4 Å². The fraction of sp³-hybridized carbons (Fsp3) is 0.484. The zero-order valence-corrected chi connectivity index (χ0v) is 24.5. The Morgan fingerprint density at radius 1 is 1.21 bits per heavy atom. The molecule has 4 heterocycles. The fourth-order valence-electron chi connectivity index (χ4n) is 5.30. The number of carbonyl (C=O) groups excluding carboxylic acids is 2. The molecule has 3 aromatic rings. The van der Waals surface area contributed by atoms with E-state index in [9.17, 15) is 14.7 Å². The molecule has 0 radical (unpaired) electrons. The predicted octanol–water partition coefficient (Wildman–Crippen LogP) is 2.86. The van der Waals surface area contributed by atoms with Crippen LogP contribution in [-0.4, -0.2) is 81.1 Å². The van der Waals surface area contributed by atoms with Gasteiger partial charge in [-0.3, -0.25) is 14.5 Å². The van der Waals surface area contributed by atoms with E-state index in [1.54, 1.807) is 31.5 Å². The van der Waals surface area contributed by atoms with Crippen molar-refractivity contribution in [3.63, 3.8) is 0 Å². The van der Waals surface area contributed by atoms with Gasteiger partial charge in [0.15, 0.2) is 12.2 Å². The van der Waals surface area contributed by atoms with Gasteiger partial charge >= 0.3 is 0 Å². The van der Waals surface area contributed by atoms with Crippen LogP contribution in [0, 0.1) is 5.92 Å². The first-order valence-corrected chi connectivity index (χ1v) is 14.5. The molecule has 0 spiro atoms. The van der Waals surface area contributed by atoms with Crippen molar-refractivity contribution in [2.24, 2.45) is 5.92 Å². The van der Waals surface area contributed by atoms with Crippen molar-refractivity contribution in [1.82, 2.24) is 25.1 Å². The summed E-state index contributed by atoms with van der Waals surface area (Å²) >= 11 is 0. The second-order valence-corrected chi connectivity index (χ2v) is 12.0. The standard InChI is InChI=1S/C31H40N6O5/c1-21(2)10-29(38)37-15-25(16-37)35-28-12-23(6-8-33-28)30(39)34-18-31(3,40)19-36-9-7-22-11-26(5-4-24(22)14-36)41-17-27-13-32-20-42-27/h4-6,8,11-13,20-21,25,40H,7,9-10,14-19H2,1-3H3,(H,33,35)(H,34,39)/t31-/m1/s1. The highest BCUT2D eigenvalue weighted by molar-refractivity contribution is 5.94. The lowest BCUT2D eigenvalue weighted by Gasteiger charge is -2.40. The van der Waals surface area contributed by atoms with Crippen LogP contribution in [0.15, 0.2) is 53.5 Å². The number of aromatic nitrogens is 2. The van der Waals surface area contributed by atoms with Gasteiger partial charge in [0.1, 0.15) is 18.2 Å². The molecule has 1 aromatic carbocycles. The number of β-amino-alcohol motifs (C(OH)–C–C–N with tert-alkyl or cyclic N) is 1. The SMILES string of the molecule is CC(C)CC(=O)N1CC(Nc2cc(C(=O)NC[C@@](C)(O)CN3CCc4cc(OCc5cnco5)ccc4C3)ccn2)C1. The number of amides is 2. The number of aliphatic hydroxyl groups is 1. The van der Waals surface area contributed by atoms with E-state index in [-0.39, 0.29) is 24.4 Å². The molecule has 0 saturated carbocycles. The molecule has 1 saturated heterocycles. The van der Waals surface area contributed by atoms with Crippen molar-refractivity contribution in [1.29, 1.82) is 0 Å². The van der Waals surface area contributed by atoms with E-state index in [2.05, 4.69) is 37.6 Å². The van der Waals surface area contributed by atoms with Crippen LogP contribution in [-0.2, 0) is 24.4 Å². The van der Waals surface area contributed by atoms with Crippen molar-refractivity contribution in [3.8, 4) is 5.75 Å². The lowest BCUT2D eigenvalue weighted by Crippen LogP contribution is -2.57. The molecule has 2 aliphatic heterocycles. The summed E-state index contributed by atoms with van der Waals surface area (Å²) < 4.78 is 11.0. The number of nitrogens with one attached hydrogen (secondary N) is 2. The molecule has 0 unspecified atom stereocenters. The summed E-state index contributed by atoms with van der Waals surface area (Å²) in [6, 6.07) is 9.54. The number of rotatable bonds is 12. The van der Waals surface area contributed by atoms with E-state index in [4.69, 9.17) is 9.15 Å². The normalized spacial score (nSPS) is 16.8. The number of carbonyl (C=O) groups is 2. The smallest absolute Gasteiger partial charge is 0.251 e. The Kier molecular flexibility index (Phi) is 9.08. The van der Waals surface area contributed by atoms with Crippen molar-refractivity contribution >= 4 is 17.6 Å². The Morgan fingerprint density at radius 2 is 2.05 bits per heavy atom. The van der Waals surface area contributed by atoms with Crippen LogP contribution in [0.5, 0.6) is 5.75 Å². The van der Waals surface area contributed by atoms with Gasteiger partial charge in [-0.15, -0.1) is 0 Å². The number of benzene rings is 1. The predicted molar refractivity (Wildman–Crippen MR) is 157 cm³/mol. The highest BCUT2D eigenvalue weighted by atomic mass is 16.5. The third-order valence-electron chi connectivity index (χ3n) is 7.52. The number of nitrogens with zero attached hydrogens (tertiary/aromatic N) is 4. The molecule has 0 bridgehead atoms. The molecule has 3 N–H and O–H groups in total. The number of likely N-dealkylation sites (tertiary alicyclic amines) is 1. The molecule has 1 atom stereocenters. The summed E-state index contributed by atoms with van der Waals surface area (Å²) in [5.41, 5.74) is 1.78. The number of hydrogen-bond donors (Lipinski definition) is 3. The maximum atomic E-state index is 12.9. The van der Waals surface area contributed by atoms with Crippen LogP contribution in [0.3, 0.4) is 0 Å². The van der Waals surface area contributed by atoms with Crippen molar-refractivity contribution in [3.05, 3.63) is 71.6 Å². The topological polar surface area (TPSA) is 133 Å². The molecular formula is C31H40N6O5. The van der Waals surface area contributed by atoms with Crippen molar-refractivity contribution in [2.75, 3.05) is 38.0 Å². The van der Waals surface area contributed by atoms with E-state index < -0.39 is 5.60 Å². The molecular weight excluding hydrogens is 536 g/mol. The first-order chi connectivity index (χ1) is 20.1. The number of fused-ring (bicyclic) bond motifs is 1. The summed E-state index contributed by atoms with van der Waals surface area (Å²) in [6.45, 7) is 9.45. The molecule has 224 valence electrons. The van der Waals surface area contributed by atoms with Gasteiger partial charge in [0.25, 0.3) is 5.91 Å². The number of anilines is 1. The van der Waals surface area contributed by atoms with Crippen LogP contribution in [0.1, 0.15) is 54.4 Å². The molecule has 42 heavy (non-hydrogen) atoms. The van der Waals surface area contributed by atoms with E-state index in [1.165, 1.54) is 17.5 Å². The second-order valence-electron chi connectivity index (χ2n) is 12.0.